The van der Waals surface area contributed by atoms with Crippen LogP contribution in [0.1, 0.15) is 26.2 Å². The summed E-state index contributed by atoms with van der Waals surface area (Å²) in [5, 5.41) is 2.81. The van der Waals surface area contributed by atoms with Gasteiger partial charge in [-0.3, -0.25) is 4.79 Å². The second-order valence-corrected chi connectivity index (χ2v) is 3.59. The number of hydrogen-bond acceptors (Lipinski definition) is 3. The number of carbonyl (C=O) groups excluding carboxylic acids is 1. The summed E-state index contributed by atoms with van der Waals surface area (Å²) in [6.07, 6.45) is 2.62. The van der Waals surface area contributed by atoms with E-state index in [0.717, 1.165) is 25.8 Å². The van der Waals surface area contributed by atoms with Gasteiger partial charge in [0.2, 0.25) is 5.91 Å². The SMILES string of the molecule is CC(N)COC1CCCCNC1=O. The molecule has 0 spiro atoms. The summed E-state index contributed by atoms with van der Waals surface area (Å²) in [6, 6.07) is -0.00365. The Labute approximate surface area is 78.8 Å². The van der Waals surface area contributed by atoms with Gasteiger partial charge >= 0.3 is 0 Å². The van der Waals surface area contributed by atoms with Gasteiger partial charge in [0.15, 0.2) is 0 Å². The molecule has 1 rings (SSSR count). The maximum absolute atomic E-state index is 11.3. The van der Waals surface area contributed by atoms with Gasteiger partial charge in [0, 0.05) is 12.6 Å². The smallest absolute Gasteiger partial charge is 0.249 e. The van der Waals surface area contributed by atoms with Crippen molar-refractivity contribution in [1.82, 2.24) is 5.32 Å². The fraction of sp³-hybridized carbons (Fsp3) is 0.889. The summed E-state index contributed by atoms with van der Waals surface area (Å²) in [5.74, 6) is 0.0122. The molecule has 2 unspecified atom stereocenters. The van der Waals surface area contributed by atoms with E-state index in [1.807, 2.05) is 6.92 Å². The van der Waals surface area contributed by atoms with E-state index in [9.17, 15) is 4.79 Å². The summed E-state index contributed by atoms with van der Waals surface area (Å²) < 4.78 is 5.40. The molecule has 76 valence electrons. The Kier molecular flexibility index (Phi) is 4.18. The molecule has 0 saturated carbocycles. The molecule has 0 bridgehead atoms. The van der Waals surface area contributed by atoms with Gasteiger partial charge in [0.25, 0.3) is 0 Å². The van der Waals surface area contributed by atoms with E-state index >= 15 is 0 Å². The number of rotatable bonds is 3. The molecule has 1 aliphatic rings. The highest BCUT2D eigenvalue weighted by Crippen LogP contribution is 2.08. The first-order valence-corrected chi connectivity index (χ1v) is 4.85. The molecule has 4 nitrogen and oxygen atoms in total. The molecule has 0 aliphatic carbocycles. The second kappa shape index (κ2) is 5.19. The van der Waals surface area contributed by atoms with Crippen LogP contribution in [0.5, 0.6) is 0 Å². The van der Waals surface area contributed by atoms with Crippen molar-refractivity contribution in [3.05, 3.63) is 0 Å². The van der Waals surface area contributed by atoms with Gasteiger partial charge in [-0.2, -0.15) is 0 Å². The van der Waals surface area contributed by atoms with Gasteiger partial charge in [-0.15, -0.1) is 0 Å². The van der Waals surface area contributed by atoms with Gasteiger partial charge in [0.1, 0.15) is 6.10 Å². The molecule has 0 aromatic rings. The molecule has 3 N–H and O–H groups in total. The summed E-state index contributed by atoms with van der Waals surface area (Å²) >= 11 is 0. The van der Waals surface area contributed by atoms with Gasteiger partial charge < -0.3 is 15.8 Å². The summed E-state index contributed by atoms with van der Waals surface area (Å²) in [6.45, 7) is 3.10. The van der Waals surface area contributed by atoms with Crippen LogP contribution >= 0.6 is 0 Å². The van der Waals surface area contributed by atoms with Crippen molar-refractivity contribution < 1.29 is 9.53 Å². The fourth-order valence-electron chi connectivity index (χ4n) is 1.34. The average molecular weight is 186 g/mol. The third-order valence-corrected chi connectivity index (χ3v) is 2.05. The van der Waals surface area contributed by atoms with Crippen LogP contribution in [-0.4, -0.2) is 31.2 Å². The molecule has 1 saturated heterocycles. The monoisotopic (exact) mass is 186 g/mol. The topological polar surface area (TPSA) is 64.3 Å². The zero-order chi connectivity index (χ0) is 9.68. The van der Waals surface area contributed by atoms with Crippen molar-refractivity contribution in [1.29, 1.82) is 0 Å². The van der Waals surface area contributed by atoms with Crippen molar-refractivity contribution in [3.8, 4) is 0 Å². The van der Waals surface area contributed by atoms with Crippen LogP contribution in [0.2, 0.25) is 0 Å². The maximum Gasteiger partial charge on any atom is 0.249 e. The summed E-state index contributed by atoms with van der Waals surface area (Å²) in [4.78, 5) is 11.3. The van der Waals surface area contributed by atoms with E-state index in [1.54, 1.807) is 0 Å². The quantitative estimate of drug-likeness (QED) is 0.653. The number of carbonyl (C=O) groups is 1. The van der Waals surface area contributed by atoms with E-state index in [1.165, 1.54) is 0 Å². The summed E-state index contributed by atoms with van der Waals surface area (Å²) in [5.41, 5.74) is 5.54. The van der Waals surface area contributed by atoms with Crippen molar-refractivity contribution in [3.63, 3.8) is 0 Å². The fourth-order valence-corrected chi connectivity index (χ4v) is 1.34. The minimum atomic E-state index is -0.284. The van der Waals surface area contributed by atoms with Gasteiger partial charge in [0.05, 0.1) is 6.61 Å². The molecule has 0 aromatic carbocycles. The molecule has 1 amide bonds. The standard InChI is InChI=1S/C9H18N2O2/c1-7(10)6-13-8-4-2-3-5-11-9(8)12/h7-8H,2-6,10H2,1H3,(H,11,12). The van der Waals surface area contributed by atoms with Crippen molar-refractivity contribution in [2.75, 3.05) is 13.2 Å². The van der Waals surface area contributed by atoms with Gasteiger partial charge in [-0.05, 0) is 26.2 Å². The Morgan fingerprint density at radius 2 is 2.46 bits per heavy atom. The maximum atomic E-state index is 11.3. The minimum Gasteiger partial charge on any atom is -0.367 e. The van der Waals surface area contributed by atoms with E-state index in [4.69, 9.17) is 10.5 Å². The zero-order valence-corrected chi connectivity index (χ0v) is 8.08. The van der Waals surface area contributed by atoms with Crippen LogP contribution in [0.25, 0.3) is 0 Å². The van der Waals surface area contributed by atoms with Crippen molar-refractivity contribution in [2.24, 2.45) is 5.73 Å². The van der Waals surface area contributed by atoms with Crippen molar-refractivity contribution >= 4 is 5.91 Å². The third kappa shape index (κ3) is 3.74. The lowest BCUT2D eigenvalue weighted by molar-refractivity contribution is -0.132. The van der Waals surface area contributed by atoms with Crippen LogP contribution in [0.3, 0.4) is 0 Å². The lowest BCUT2D eigenvalue weighted by atomic mass is 10.2. The Balaban J connectivity index is 2.32. The number of nitrogens with one attached hydrogen (secondary N) is 1. The van der Waals surface area contributed by atoms with E-state index < -0.39 is 0 Å². The first-order valence-electron chi connectivity index (χ1n) is 4.85. The number of ether oxygens (including phenoxy) is 1. The number of nitrogens with two attached hydrogens (primary N) is 1. The van der Waals surface area contributed by atoms with Crippen LogP contribution in [0.15, 0.2) is 0 Å². The highest BCUT2D eigenvalue weighted by Gasteiger charge is 2.20. The molecule has 2 atom stereocenters. The van der Waals surface area contributed by atoms with E-state index in [0.29, 0.717) is 6.61 Å². The molecule has 0 aromatic heterocycles. The molecule has 13 heavy (non-hydrogen) atoms. The Morgan fingerprint density at radius 1 is 1.69 bits per heavy atom. The molecule has 0 radical (unpaired) electrons. The van der Waals surface area contributed by atoms with Gasteiger partial charge in [-0.25, -0.2) is 0 Å². The predicted octanol–water partition coefficient (Wildman–Crippen LogP) is 0.0189. The van der Waals surface area contributed by atoms with E-state index in [-0.39, 0.29) is 18.1 Å². The van der Waals surface area contributed by atoms with Crippen LogP contribution in [-0.2, 0) is 9.53 Å². The number of hydrogen-bond donors (Lipinski definition) is 2. The molecular formula is C9H18N2O2. The first kappa shape index (κ1) is 10.5. The Morgan fingerprint density at radius 3 is 3.15 bits per heavy atom. The zero-order valence-electron chi connectivity index (χ0n) is 8.08. The molecule has 1 heterocycles. The van der Waals surface area contributed by atoms with Crippen LogP contribution in [0, 0.1) is 0 Å². The summed E-state index contributed by atoms with van der Waals surface area (Å²) in [7, 11) is 0. The molecule has 1 fully saturated rings. The molecular weight excluding hydrogens is 168 g/mol. The first-order chi connectivity index (χ1) is 6.20. The largest absolute Gasteiger partial charge is 0.367 e. The highest BCUT2D eigenvalue weighted by atomic mass is 16.5. The predicted molar refractivity (Wildman–Crippen MR) is 50.3 cm³/mol. The molecule has 1 aliphatic heterocycles. The normalized spacial score (nSPS) is 26.3. The minimum absolute atomic E-state index is 0.00365. The lowest BCUT2D eigenvalue weighted by Crippen LogP contribution is -2.37. The third-order valence-electron chi connectivity index (χ3n) is 2.05. The van der Waals surface area contributed by atoms with Crippen LogP contribution in [0.4, 0.5) is 0 Å². The number of amides is 1. The van der Waals surface area contributed by atoms with Gasteiger partial charge in [-0.1, -0.05) is 0 Å². The highest BCUT2D eigenvalue weighted by molar-refractivity contribution is 5.80. The Hall–Kier alpha value is -0.610. The van der Waals surface area contributed by atoms with Crippen molar-refractivity contribution in [2.45, 2.75) is 38.3 Å². The average Bonchev–Trinajstić information content (AvgIpc) is 2.27. The van der Waals surface area contributed by atoms with Crippen LogP contribution < -0.4 is 11.1 Å². The lowest BCUT2D eigenvalue weighted by Gasteiger charge is -2.15. The second-order valence-electron chi connectivity index (χ2n) is 3.59. The Bertz CT molecular complexity index is 171. The van der Waals surface area contributed by atoms with E-state index in [2.05, 4.69) is 5.32 Å². The molecule has 4 heteroatoms.